The van der Waals surface area contributed by atoms with Crippen LogP contribution in [-0.2, 0) is 4.79 Å². The minimum Gasteiger partial charge on any atom is -0.326 e. The highest BCUT2D eigenvalue weighted by Gasteiger charge is 2.01. The lowest BCUT2D eigenvalue weighted by Crippen LogP contribution is -2.09. The molecule has 5 nitrogen and oxygen atoms in total. The number of nitrogens with one attached hydrogen (secondary N) is 1. The summed E-state index contributed by atoms with van der Waals surface area (Å²) in [6.07, 6.45) is 0.442. The van der Waals surface area contributed by atoms with Crippen LogP contribution >= 0.6 is 0 Å². The van der Waals surface area contributed by atoms with Gasteiger partial charge in [-0.05, 0) is 30.2 Å². The van der Waals surface area contributed by atoms with Crippen molar-refractivity contribution >= 4 is 17.3 Å². The van der Waals surface area contributed by atoms with E-state index in [1.54, 1.807) is 25.1 Å². The fourth-order valence-corrected chi connectivity index (χ4v) is 1.14. The third kappa shape index (κ3) is 3.00. The van der Waals surface area contributed by atoms with Gasteiger partial charge in [0.05, 0.1) is 0 Å². The summed E-state index contributed by atoms with van der Waals surface area (Å²) in [5, 5.41) is 6.24. The zero-order chi connectivity index (χ0) is 11.3. The van der Waals surface area contributed by atoms with Crippen molar-refractivity contribution in [1.29, 1.82) is 0 Å². The molecule has 0 unspecified atom stereocenters. The average Bonchev–Trinajstić information content (AvgIpc) is 2.22. The van der Waals surface area contributed by atoms with Gasteiger partial charge >= 0.3 is 0 Å². The van der Waals surface area contributed by atoms with Crippen LogP contribution in [0.1, 0.15) is 18.9 Å². The van der Waals surface area contributed by atoms with Gasteiger partial charge in [-0.25, -0.2) is 0 Å². The molecule has 1 aromatic rings. The average molecular weight is 204 g/mol. The molecule has 0 bridgehead atoms. The van der Waals surface area contributed by atoms with Gasteiger partial charge in [-0.15, -0.1) is 0 Å². The van der Waals surface area contributed by atoms with E-state index in [0.717, 1.165) is 11.3 Å². The van der Waals surface area contributed by atoms with Crippen molar-refractivity contribution in [3.8, 4) is 0 Å². The van der Waals surface area contributed by atoms with Gasteiger partial charge in [0, 0.05) is 22.7 Å². The number of aryl methyl sites for hydroxylation is 1. The van der Waals surface area contributed by atoms with E-state index in [0.29, 0.717) is 12.1 Å². The number of hydrogen-bond donors (Lipinski definition) is 1. The van der Waals surface area contributed by atoms with Crippen LogP contribution in [0.25, 0.3) is 10.4 Å². The highest BCUT2D eigenvalue weighted by Crippen LogP contribution is 2.22. The molecule has 1 aromatic carbocycles. The summed E-state index contributed by atoms with van der Waals surface area (Å²) in [5.41, 5.74) is 10.4. The molecule has 0 heterocycles. The molecule has 0 spiro atoms. The summed E-state index contributed by atoms with van der Waals surface area (Å²) in [7, 11) is 0. The highest BCUT2D eigenvalue weighted by atomic mass is 16.1. The van der Waals surface area contributed by atoms with Gasteiger partial charge in [0.15, 0.2) is 0 Å². The maximum Gasteiger partial charge on any atom is 0.224 e. The molecule has 0 aliphatic rings. The number of rotatable bonds is 3. The first-order valence-corrected chi connectivity index (χ1v) is 4.63. The molecular weight excluding hydrogens is 192 g/mol. The molecule has 0 aliphatic carbocycles. The highest BCUT2D eigenvalue weighted by molar-refractivity contribution is 5.90. The van der Waals surface area contributed by atoms with E-state index < -0.39 is 0 Å². The van der Waals surface area contributed by atoms with Gasteiger partial charge in [0.2, 0.25) is 5.91 Å². The maximum atomic E-state index is 11.1. The van der Waals surface area contributed by atoms with Crippen molar-refractivity contribution in [2.75, 3.05) is 5.32 Å². The second-order valence-corrected chi connectivity index (χ2v) is 3.09. The smallest absolute Gasteiger partial charge is 0.224 e. The number of azide groups is 1. The largest absolute Gasteiger partial charge is 0.326 e. The topological polar surface area (TPSA) is 77.9 Å². The molecule has 0 radical (unpaired) electrons. The van der Waals surface area contributed by atoms with E-state index >= 15 is 0 Å². The second-order valence-electron chi connectivity index (χ2n) is 3.09. The summed E-state index contributed by atoms with van der Waals surface area (Å²) in [5.74, 6) is -0.0362. The normalized spacial score (nSPS) is 9.20. The molecule has 0 atom stereocenters. The Kier molecular flexibility index (Phi) is 3.71. The standard InChI is InChI=1S/C10H12N4O/c1-3-10(15)12-8-4-5-9(13-14-11)7(2)6-8/h4-6H,3H2,1-2H3,(H,12,15). The quantitative estimate of drug-likeness (QED) is 0.457. The van der Waals surface area contributed by atoms with Crippen molar-refractivity contribution < 1.29 is 4.79 Å². The molecule has 1 amide bonds. The molecule has 0 saturated carbocycles. The zero-order valence-corrected chi connectivity index (χ0v) is 8.69. The molecule has 0 fully saturated rings. The van der Waals surface area contributed by atoms with Crippen LogP contribution < -0.4 is 5.32 Å². The third-order valence-corrected chi connectivity index (χ3v) is 1.95. The molecule has 0 saturated heterocycles. The zero-order valence-electron chi connectivity index (χ0n) is 8.69. The number of carbonyl (C=O) groups excluding carboxylic acids is 1. The fraction of sp³-hybridized carbons (Fsp3) is 0.300. The second kappa shape index (κ2) is 5.02. The Bertz CT molecular complexity index is 421. The summed E-state index contributed by atoms with van der Waals surface area (Å²) in [6.45, 7) is 3.61. The van der Waals surface area contributed by atoms with Crippen molar-refractivity contribution in [2.24, 2.45) is 5.11 Å². The third-order valence-electron chi connectivity index (χ3n) is 1.95. The van der Waals surface area contributed by atoms with Gasteiger partial charge < -0.3 is 5.32 Å². The Labute approximate surface area is 87.7 Å². The Morgan fingerprint density at radius 3 is 2.87 bits per heavy atom. The number of benzene rings is 1. The van der Waals surface area contributed by atoms with E-state index in [1.165, 1.54) is 0 Å². The molecular formula is C10H12N4O. The monoisotopic (exact) mass is 204 g/mol. The van der Waals surface area contributed by atoms with Crippen LogP contribution in [0.3, 0.4) is 0 Å². The van der Waals surface area contributed by atoms with E-state index in [-0.39, 0.29) is 5.91 Å². The van der Waals surface area contributed by atoms with E-state index in [1.807, 2.05) is 6.92 Å². The van der Waals surface area contributed by atoms with Crippen molar-refractivity contribution in [3.05, 3.63) is 34.2 Å². The number of anilines is 1. The molecule has 0 aliphatic heterocycles. The van der Waals surface area contributed by atoms with Crippen LogP contribution in [0.15, 0.2) is 23.3 Å². The van der Waals surface area contributed by atoms with Crippen LogP contribution in [-0.4, -0.2) is 5.91 Å². The van der Waals surface area contributed by atoms with E-state index in [2.05, 4.69) is 15.3 Å². The minimum atomic E-state index is -0.0362. The number of amides is 1. The molecule has 78 valence electrons. The van der Waals surface area contributed by atoms with Crippen LogP contribution in [0.4, 0.5) is 11.4 Å². The van der Waals surface area contributed by atoms with Crippen LogP contribution in [0, 0.1) is 6.92 Å². The van der Waals surface area contributed by atoms with Crippen LogP contribution in [0.5, 0.6) is 0 Å². The molecule has 1 N–H and O–H groups in total. The lowest BCUT2D eigenvalue weighted by molar-refractivity contribution is -0.115. The summed E-state index contributed by atoms with van der Waals surface area (Å²) >= 11 is 0. The van der Waals surface area contributed by atoms with Crippen LogP contribution in [0.2, 0.25) is 0 Å². The maximum absolute atomic E-state index is 11.1. The predicted molar refractivity (Wildman–Crippen MR) is 58.9 cm³/mol. The first-order chi connectivity index (χ1) is 7.17. The Morgan fingerprint density at radius 1 is 1.60 bits per heavy atom. The first kappa shape index (κ1) is 11.1. The lowest BCUT2D eigenvalue weighted by atomic mass is 10.2. The summed E-state index contributed by atoms with van der Waals surface area (Å²) in [4.78, 5) is 13.8. The van der Waals surface area contributed by atoms with Gasteiger partial charge in [-0.1, -0.05) is 18.1 Å². The van der Waals surface area contributed by atoms with Gasteiger partial charge in [0.25, 0.3) is 0 Å². The fourth-order valence-electron chi connectivity index (χ4n) is 1.14. The number of nitrogens with zero attached hydrogens (tertiary/aromatic N) is 3. The Balaban J connectivity index is 2.91. The molecule has 15 heavy (non-hydrogen) atoms. The van der Waals surface area contributed by atoms with Crippen molar-refractivity contribution in [3.63, 3.8) is 0 Å². The Hall–Kier alpha value is -2.00. The van der Waals surface area contributed by atoms with E-state index in [9.17, 15) is 4.79 Å². The minimum absolute atomic E-state index is 0.0362. The van der Waals surface area contributed by atoms with Gasteiger partial charge in [-0.2, -0.15) is 0 Å². The lowest BCUT2D eigenvalue weighted by Gasteiger charge is -2.05. The SMILES string of the molecule is CCC(=O)Nc1ccc(N=[N+]=[N-])c(C)c1. The summed E-state index contributed by atoms with van der Waals surface area (Å²) < 4.78 is 0. The Morgan fingerprint density at radius 2 is 2.33 bits per heavy atom. The van der Waals surface area contributed by atoms with Crippen molar-refractivity contribution in [1.82, 2.24) is 0 Å². The summed E-state index contributed by atoms with van der Waals surface area (Å²) in [6, 6.07) is 5.17. The predicted octanol–water partition coefficient (Wildman–Crippen LogP) is 3.29. The molecule has 5 heteroatoms. The number of hydrogen-bond acceptors (Lipinski definition) is 2. The van der Waals surface area contributed by atoms with E-state index in [4.69, 9.17) is 5.53 Å². The van der Waals surface area contributed by atoms with Gasteiger partial charge in [0.1, 0.15) is 0 Å². The first-order valence-electron chi connectivity index (χ1n) is 4.63. The molecule has 0 aromatic heterocycles. The van der Waals surface area contributed by atoms with Gasteiger partial charge in [-0.3, -0.25) is 4.79 Å². The molecule has 1 rings (SSSR count). The number of carbonyl (C=O) groups is 1. The van der Waals surface area contributed by atoms with Crippen molar-refractivity contribution in [2.45, 2.75) is 20.3 Å².